The molecule has 0 radical (unpaired) electrons. The molecule has 0 N–H and O–H groups in total. The molecule has 2 atom stereocenters. The zero-order valence-corrected chi connectivity index (χ0v) is 25.2. The maximum atomic E-state index is 15.3. The quantitative estimate of drug-likeness (QED) is 0.143. The summed E-state index contributed by atoms with van der Waals surface area (Å²) in [6.07, 6.45) is 4.13. The molecule has 0 amide bonds. The van der Waals surface area contributed by atoms with Crippen LogP contribution in [0.3, 0.4) is 0 Å². The monoisotopic (exact) mass is 576 g/mol. The fourth-order valence-electron chi connectivity index (χ4n) is 4.37. The zero-order valence-electron chi connectivity index (χ0n) is 25.2. The van der Waals surface area contributed by atoms with Crippen LogP contribution in [0.25, 0.3) is 0 Å². The van der Waals surface area contributed by atoms with E-state index in [4.69, 9.17) is 4.99 Å². The van der Waals surface area contributed by atoms with Crippen LogP contribution in [0.1, 0.15) is 47.0 Å². The van der Waals surface area contributed by atoms with Gasteiger partial charge in [-0.1, -0.05) is 59.6 Å². The van der Waals surface area contributed by atoms with Gasteiger partial charge in [0, 0.05) is 51.2 Å². The predicted octanol–water partition coefficient (Wildman–Crippen LogP) is 7.79. The van der Waals surface area contributed by atoms with Crippen LogP contribution >= 0.6 is 0 Å². The number of hydrogen-bond acceptors (Lipinski definition) is 5. The van der Waals surface area contributed by atoms with Gasteiger partial charge in [0.1, 0.15) is 12.1 Å². The first-order valence-corrected chi connectivity index (χ1v) is 13.9. The second-order valence-corrected chi connectivity index (χ2v) is 9.89. The third-order valence-electron chi connectivity index (χ3n) is 6.80. The number of allylic oxidation sites excluding steroid dienone is 8. The average molecular weight is 577 g/mol. The fraction of sp³-hybridized carbons (Fsp3) is 0.469. The average Bonchev–Trinajstić information content (AvgIpc) is 3.23. The standard InChI is InChI=1S/C30H38F4N4O.C2H6/c1-8-27-25(9-14-30(32,33)34)22(4)28(36-27)23(5)26(31)19-21(3)24-10-15-35-29(38(7)17-12-24)37(6)16-11-20(2)13-18-39;1-2/h8-10,14,18-20,22H,1,3,5,11-13,15-17H2,2,4,6-7H3;1-2H3/b14-9+,24-10+,26-19+,35-29?;. The first-order valence-electron chi connectivity index (χ1n) is 13.9. The van der Waals surface area contributed by atoms with Crippen LogP contribution in [-0.2, 0) is 4.79 Å². The lowest BCUT2D eigenvalue weighted by Gasteiger charge is -2.31. The fourth-order valence-corrected chi connectivity index (χ4v) is 4.37. The van der Waals surface area contributed by atoms with E-state index in [1.807, 2.05) is 45.8 Å². The summed E-state index contributed by atoms with van der Waals surface area (Å²) in [6.45, 7) is 21.0. The van der Waals surface area contributed by atoms with Crippen molar-refractivity contribution in [3.05, 3.63) is 83.9 Å². The van der Waals surface area contributed by atoms with Gasteiger partial charge in [0.05, 0.1) is 18.0 Å². The van der Waals surface area contributed by atoms with E-state index in [1.165, 1.54) is 12.2 Å². The Hall–Kier alpha value is -3.49. The number of alkyl halides is 3. The third kappa shape index (κ3) is 10.8. The van der Waals surface area contributed by atoms with E-state index >= 15 is 4.39 Å². The summed E-state index contributed by atoms with van der Waals surface area (Å²) in [5.41, 5.74) is 2.11. The van der Waals surface area contributed by atoms with Gasteiger partial charge in [-0.25, -0.2) is 9.38 Å². The Morgan fingerprint density at radius 2 is 1.95 bits per heavy atom. The van der Waals surface area contributed by atoms with Crippen molar-refractivity contribution in [1.29, 1.82) is 0 Å². The Kier molecular flexibility index (Phi) is 14.5. The third-order valence-corrected chi connectivity index (χ3v) is 6.80. The minimum Gasteiger partial charge on any atom is -0.346 e. The predicted molar refractivity (Wildman–Crippen MR) is 163 cm³/mol. The number of halogens is 4. The van der Waals surface area contributed by atoms with Crippen LogP contribution < -0.4 is 0 Å². The van der Waals surface area contributed by atoms with Crippen LogP contribution in [0.5, 0.6) is 0 Å². The zero-order chi connectivity index (χ0) is 31.3. The summed E-state index contributed by atoms with van der Waals surface area (Å²) in [4.78, 5) is 23.8. The SMILES string of the molecule is C=CC1=C(/C=C/C(F)(F)F)C(C)C(C(=C)/C(F)=C\C(=C)/C2=C/CN=C(N(C)CCC(C)CC=O)N(C)CC2)=N1.CC. The molecule has 226 valence electrons. The minimum atomic E-state index is -4.48. The van der Waals surface area contributed by atoms with E-state index in [0.29, 0.717) is 43.0 Å². The Labute approximate surface area is 242 Å². The van der Waals surface area contributed by atoms with Crippen LogP contribution in [-0.4, -0.2) is 67.7 Å². The molecule has 0 aliphatic carbocycles. The molecule has 0 aromatic carbocycles. The molecule has 2 rings (SSSR count). The Bertz CT molecular complexity index is 1150. The van der Waals surface area contributed by atoms with Gasteiger partial charge in [-0.2, -0.15) is 13.2 Å². The van der Waals surface area contributed by atoms with E-state index in [2.05, 4.69) is 29.6 Å². The second-order valence-electron chi connectivity index (χ2n) is 9.89. The summed E-state index contributed by atoms with van der Waals surface area (Å²) in [7, 11) is 3.92. The number of aliphatic imine (C=N–C) groups is 2. The molecule has 0 aromatic rings. The summed E-state index contributed by atoms with van der Waals surface area (Å²) in [6, 6.07) is 0. The van der Waals surface area contributed by atoms with Gasteiger partial charge in [-0.05, 0) is 47.6 Å². The molecule has 0 fully saturated rings. The molecule has 0 spiro atoms. The summed E-state index contributed by atoms with van der Waals surface area (Å²) >= 11 is 0. The molecule has 0 aromatic heterocycles. The van der Waals surface area contributed by atoms with Gasteiger partial charge in [-0.15, -0.1) is 0 Å². The van der Waals surface area contributed by atoms with E-state index < -0.39 is 17.9 Å². The Morgan fingerprint density at radius 3 is 2.54 bits per heavy atom. The Morgan fingerprint density at radius 1 is 1.29 bits per heavy atom. The highest BCUT2D eigenvalue weighted by atomic mass is 19.4. The largest absolute Gasteiger partial charge is 0.409 e. The first kappa shape index (κ1) is 35.5. The number of carbonyl (C=O) groups excluding carboxylic acids is 1. The van der Waals surface area contributed by atoms with Crippen molar-refractivity contribution in [3.63, 3.8) is 0 Å². The topological polar surface area (TPSA) is 48.3 Å². The Balaban J connectivity index is 0.00000411. The highest BCUT2D eigenvalue weighted by Crippen LogP contribution is 2.34. The number of aldehydes is 1. The van der Waals surface area contributed by atoms with E-state index in [1.54, 1.807) is 6.92 Å². The number of rotatable bonds is 11. The summed E-state index contributed by atoms with van der Waals surface area (Å²) in [5.74, 6) is -0.0916. The van der Waals surface area contributed by atoms with Gasteiger partial charge in [0.2, 0.25) is 0 Å². The second kappa shape index (κ2) is 16.7. The number of nitrogens with zero attached hydrogens (tertiary/aromatic N) is 4. The smallest absolute Gasteiger partial charge is 0.346 e. The maximum Gasteiger partial charge on any atom is 0.409 e. The maximum absolute atomic E-state index is 15.3. The number of guanidine groups is 1. The highest BCUT2D eigenvalue weighted by molar-refractivity contribution is 6.08. The molecular weight excluding hydrogens is 532 g/mol. The lowest BCUT2D eigenvalue weighted by atomic mass is 9.91. The van der Waals surface area contributed by atoms with Crippen molar-refractivity contribution < 1.29 is 22.4 Å². The highest BCUT2D eigenvalue weighted by Gasteiger charge is 2.29. The van der Waals surface area contributed by atoms with Crippen molar-refractivity contribution in [2.75, 3.05) is 33.7 Å². The van der Waals surface area contributed by atoms with Crippen molar-refractivity contribution >= 4 is 18.0 Å². The molecule has 0 saturated carbocycles. The lowest BCUT2D eigenvalue weighted by Crippen LogP contribution is -2.42. The molecular formula is C32H44F4N4O. The van der Waals surface area contributed by atoms with Crippen molar-refractivity contribution in [2.45, 2.75) is 53.1 Å². The van der Waals surface area contributed by atoms with Crippen LogP contribution in [0, 0.1) is 11.8 Å². The van der Waals surface area contributed by atoms with Gasteiger partial charge in [-0.3, -0.25) is 4.99 Å². The molecule has 2 heterocycles. The van der Waals surface area contributed by atoms with Crippen molar-refractivity contribution in [2.24, 2.45) is 21.8 Å². The van der Waals surface area contributed by atoms with E-state index in [-0.39, 0.29) is 23.1 Å². The molecule has 2 unspecified atom stereocenters. The molecule has 2 aliphatic rings. The summed E-state index contributed by atoms with van der Waals surface area (Å²) < 4.78 is 53.4. The minimum absolute atomic E-state index is 0.00675. The van der Waals surface area contributed by atoms with Crippen molar-refractivity contribution in [3.8, 4) is 0 Å². The first-order chi connectivity index (χ1) is 19.3. The van der Waals surface area contributed by atoms with Gasteiger partial charge < -0.3 is 14.6 Å². The molecule has 0 saturated heterocycles. The van der Waals surface area contributed by atoms with E-state index in [0.717, 1.165) is 36.9 Å². The molecule has 41 heavy (non-hydrogen) atoms. The van der Waals surface area contributed by atoms with Gasteiger partial charge >= 0.3 is 6.18 Å². The molecule has 2 aliphatic heterocycles. The van der Waals surface area contributed by atoms with E-state index in [9.17, 15) is 18.0 Å². The summed E-state index contributed by atoms with van der Waals surface area (Å²) in [5, 5.41) is 0. The normalized spacial score (nSPS) is 20.1. The number of hydrogen-bond donors (Lipinski definition) is 0. The lowest BCUT2D eigenvalue weighted by molar-refractivity contribution is -0.108. The van der Waals surface area contributed by atoms with Crippen molar-refractivity contribution in [1.82, 2.24) is 9.80 Å². The molecule has 9 heteroatoms. The molecule has 5 nitrogen and oxygen atoms in total. The molecule has 0 bridgehead atoms. The number of carbonyl (C=O) groups is 1. The van der Waals surface area contributed by atoms with Gasteiger partial charge in [0.25, 0.3) is 0 Å². The van der Waals surface area contributed by atoms with Crippen LogP contribution in [0.4, 0.5) is 17.6 Å². The van der Waals surface area contributed by atoms with Gasteiger partial charge in [0.15, 0.2) is 5.96 Å². The van der Waals surface area contributed by atoms with Crippen LogP contribution in [0.15, 0.2) is 93.9 Å². The van der Waals surface area contributed by atoms with Crippen LogP contribution in [0.2, 0.25) is 0 Å².